The molecule has 0 saturated carbocycles. The molecule has 3 nitrogen and oxygen atoms in total. The fraction of sp³-hybridized carbons (Fsp3) is 0.281. The Balaban J connectivity index is 1.66. The maximum atomic E-state index is 4.86. The summed E-state index contributed by atoms with van der Waals surface area (Å²) in [6, 6.07) is 22.1. The zero-order chi connectivity index (χ0) is 24.7. The molecular formula is C32H35N3. The maximum Gasteiger partial charge on any atom is 0.144 e. The van der Waals surface area contributed by atoms with Gasteiger partial charge in [-0.15, -0.1) is 0 Å². The summed E-state index contributed by atoms with van der Waals surface area (Å²) in [4.78, 5) is 4.86. The number of nitrogens with zero attached hydrogens (tertiary/aromatic N) is 3. The average molecular weight is 462 g/mol. The minimum atomic E-state index is 0.413. The van der Waals surface area contributed by atoms with Crippen LogP contribution in [0.1, 0.15) is 76.0 Å². The summed E-state index contributed by atoms with van der Waals surface area (Å²) in [6.45, 7) is 13.7. The molecule has 35 heavy (non-hydrogen) atoms. The highest BCUT2D eigenvalue weighted by Crippen LogP contribution is 2.37. The van der Waals surface area contributed by atoms with Gasteiger partial charge in [0.15, 0.2) is 0 Å². The van der Waals surface area contributed by atoms with Crippen LogP contribution in [0.5, 0.6) is 0 Å². The van der Waals surface area contributed by atoms with Gasteiger partial charge in [0.05, 0.1) is 5.69 Å². The first-order valence-electron chi connectivity index (χ1n) is 12.7. The third-order valence-electron chi connectivity index (χ3n) is 6.96. The van der Waals surface area contributed by atoms with Crippen molar-refractivity contribution in [1.82, 2.24) is 14.0 Å². The van der Waals surface area contributed by atoms with Gasteiger partial charge in [-0.1, -0.05) is 77.9 Å². The highest BCUT2D eigenvalue weighted by molar-refractivity contribution is 5.72. The largest absolute Gasteiger partial charge is 0.323 e. The van der Waals surface area contributed by atoms with Crippen LogP contribution in [0, 0.1) is 0 Å². The zero-order valence-electron chi connectivity index (χ0n) is 21.7. The van der Waals surface area contributed by atoms with Gasteiger partial charge < -0.3 is 4.40 Å². The van der Waals surface area contributed by atoms with E-state index >= 15 is 0 Å². The van der Waals surface area contributed by atoms with Crippen LogP contribution < -0.4 is 0 Å². The summed E-state index contributed by atoms with van der Waals surface area (Å²) in [7, 11) is 0. The first-order valence-corrected chi connectivity index (χ1v) is 12.7. The summed E-state index contributed by atoms with van der Waals surface area (Å²) in [5.41, 5.74) is 10.2. The van der Waals surface area contributed by atoms with Gasteiger partial charge in [-0.05, 0) is 69.8 Å². The van der Waals surface area contributed by atoms with Gasteiger partial charge in [-0.2, -0.15) is 0 Å². The molecule has 5 rings (SSSR count). The van der Waals surface area contributed by atoms with Gasteiger partial charge in [-0.3, -0.25) is 4.57 Å². The minimum absolute atomic E-state index is 0.413. The van der Waals surface area contributed by atoms with Crippen LogP contribution in [-0.2, 0) is 0 Å². The summed E-state index contributed by atoms with van der Waals surface area (Å²) in [5, 5.41) is 0. The third kappa shape index (κ3) is 4.32. The van der Waals surface area contributed by atoms with E-state index in [1.165, 1.54) is 39.0 Å². The summed E-state index contributed by atoms with van der Waals surface area (Å²) in [5.74, 6) is 2.30. The molecule has 5 aromatic rings. The topological polar surface area (TPSA) is 22.2 Å². The highest BCUT2D eigenvalue weighted by atomic mass is 15.1. The van der Waals surface area contributed by atoms with Crippen molar-refractivity contribution in [1.29, 1.82) is 0 Å². The molecule has 0 atom stereocenters. The average Bonchev–Trinajstić information content (AvgIpc) is 3.52. The second kappa shape index (κ2) is 9.22. The van der Waals surface area contributed by atoms with Crippen molar-refractivity contribution < 1.29 is 0 Å². The molecular weight excluding hydrogens is 426 g/mol. The van der Waals surface area contributed by atoms with E-state index in [0.717, 1.165) is 11.4 Å². The van der Waals surface area contributed by atoms with Crippen molar-refractivity contribution in [3.05, 3.63) is 102 Å². The standard InChI is InChI=1S/C32H35N3/c1-21(2)27-18-29(22(3)4)31(30(19-27)23(5)6)35-16-14-33-32(35)25-10-7-9-24(17-25)26-12-13-28-11-8-15-34(28)20-26/h7-23H,1-6H3. The number of rotatable bonds is 6. The predicted molar refractivity (Wildman–Crippen MR) is 148 cm³/mol. The molecule has 0 N–H and O–H groups in total. The molecule has 0 bridgehead atoms. The Hall–Kier alpha value is -3.59. The fourth-order valence-electron chi connectivity index (χ4n) is 4.94. The first kappa shape index (κ1) is 23.2. The second-order valence-electron chi connectivity index (χ2n) is 10.5. The van der Waals surface area contributed by atoms with Crippen LogP contribution >= 0.6 is 0 Å². The van der Waals surface area contributed by atoms with Crippen molar-refractivity contribution in [3.63, 3.8) is 0 Å². The van der Waals surface area contributed by atoms with Gasteiger partial charge in [0.1, 0.15) is 5.82 Å². The van der Waals surface area contributed by atoms with Gasteiger partial charge in [0.2, 0.25) is 0 Å². The van der Waals surface area contributed by atoms with Crippen molar-refractivity contribution in [2.45, 2.75) is 59.3 Å². The van der Waals surface area contributed by atoms with E-state index in [-0.39, 0.29) is 0 Å². The molecule has 2 aromatic carbocycles. The van der Waals surface area contributed by atoms with Crippen LogP contribution in [0.3, 0.4) is 0 Å². The molecule has 0 aliphatic carbocycles. The lowest BCUT2D eigenvalue weighted by atomic mass is 9.87. The molecule has 3 heterocycles. The summed E-state index contributed by atoms with van der Waals surface area (Å²) >= 11 is 0. The van der Waals surface area contributed by atoms with E-state index in [1.54, 1.807) is 0 Å². The van der Waals surface area contributed by atoms with Crippen LogP contribution in [-0.4, -0.2) is 14.0 Å². The lowest BCUT2D eigenvalue weighted by Gasteiger charge is -2.24. The Morgan fingerprint density at radius 1 is 0.657 bits per heavy atom. The van der Waals surface area contributed by atoms with E-state index in [9.17, 15) is 0 Å². The van der Waals surface area contributed by atoms with E-state index in [1.807, 2.05) is 6.20 Å². The number of aromatic nitrogens is 3. The first-order chi connectivity index (χ1) is 16.8. The quantitative estimate of drug-likeness (QED) is 0.247. The number of fused-ring (bicyclic) bond motifs is 1. The van der Waals surface area contributed by atoms with Gasteiger partial charge in [0.25, 0.3) is 0 Å². The predicted octanol–water partition coefficient (Wildman–Crippen LogP) is 8.83. The third-order valence-corrected chi connectivity index (χ3v) is 6.96. The number of hydrogen-bond acceptors (Lipinski definition) is 1. The van der Waals surface area contributed by atoms with Gasteiger partial charge in [-0.25, -0.2) is 4.98 Å². The Morgan fingerprint density at radius 2 is 1.37 bits per heavy atom. The van der Waals surface area contributed by atoms with Crippen molar-refractivity contribution in [3.8, 4) is 28.2 Å². The lowest BCUT2D eigenvalue weighted by Crippen LogP contribution is -2.10. The minimum Gasteiger partial charge on any atom is -0.323 e. The van der Waals surface area contributed by atoms with Crippen LogP contribution in [0.2, 0.25) is 0 Å². The van der Waals surface area contributed by atoms with Crippen LogP contribution in [0.4, 0.5) is 0 Å². The Kier molecular flexibility index (Phi) is 6.10. The molecule has 3 aromatic heterocycles. The normalized spacial score (nSPS) is 11.9. The van der Waals surface area contributed by atoms with E-state index in [0.29, 0.717) is 17.8 Å². The highest BCUT2D eigenvalue weighted by Gasteiger charge is 2.21. The van der Waals surface area contributed by atoms with Gasteiger partial charge in [0, 0.05) is 35.9 Å². The van der Waals surface area contributed by atoms with Crippen molar-refractivity contribution in [2.24, 2.45) is 0 Å². The Morgan fingerprint density at radius 3 is 2.06 bits per heavy atom. The lowest BCUT2D eigenvalue weighted by molar-refractivity contribution is 0.784. The van der Waals surface area contributed by atoms with Crippen molar-refractivity contribution >= 4 is 5.52 Å². The molecule has 0 aliphatic heterocycles. The SMILES string of the molecule is CC(C)c1cc(C(C)C)c(-n2ccnc2-c2cccc(-c3ccc4cccn4c3)c2)c(C(C)C)c1. The van der Waals surface area contributed by atoms with Crippen LogP contribution in [0.25, 0.3) is 33.7 Å². The Labute approximate surface area is 209 Å². The molecule has 0 fully saturated rings. The van der Waals surface area contributed by atoms with Gasteiger partial charge >= 0.3 is 0 Å². The molecule has 0 aliphatic rings. The fourth-order valence-corrected chi connectivity index (χ4v) is 4.94. The molecule has 0 spiro atoms. The van der Waals surface area contributed by atoms with E-state index < -0.39 is 0 Å². The molecule has 0 radical (unpaired) electrons. The molecule has 0 amide bonds. The number of hydrogen-bond donors (Lipinski definition) is 0. The van der Waals surface area contributed by atoms with Crippen LogP contribution in [0.15, 0.2) is 85.5 Å². The molecule has 0 saturated heterocycles. The smallest absolute Gasteiger partial charge is 0.144 e. The zero-order valence-corrected chi connectivity index (χ0v) is 21.7. The number of benzene rings is 2. The maximum absolute atomic E-state index is 4.86. The number of imidazole rings is 1. The monoisotopic (exact) mass is 461 g/mol. The van der Waals surface area contributed by atoms with E-state index in [4.69, 9.17) is 4.98 Å². The Bertz CT molecular complexity index is 1450. The number of pyridine rings is 1. The molecule has 3 heteroatoms. The molecule has 178 valence electrons. The van der Waals surface area contributed by atoms with Crippen molar-refractivity contribution in [2.75, 3.05) is 0 Å². The second-order valence-corrected chi connectivity index (χ2v) is 10.5. The van der Waals surface area contributed by atoms with E-state index in [2.05, 4.69) is 130 Å². The summed E-state index contributed by atoms with van der Waals surface area (Å²) in [6.07, 6.45) is 8.34. The molecule has 0 unspecified atom stereocenters. The summed E-state index contributed by atoms with van der Waals surface area (Å²) < 4.78 is 4.48.